The van der Waals surface area contributed by atoms with Crippen molar-refractivity contribution in [1.82, 2.24) is 19.9 Å². The van der Waals surface area contributed by atoms with Crippen LogP contribution in [0.2, 0.25) is 0 Å². The van der Waals surface area contributed by atoms with E-state index in [9.17, 15) is 0 Å². The molecule has 2 aromatic rings. The van der Waals surface area contributed by atoms with Gasteiger partial charge in [-0.05, 0) is 50.9 Å². The van der Waals surface area contributed by atoms with Crippen molar-refractivity contribution in [2.45, 2.75) is 19.3 Å². The first-order valence-corrected chi connectivity index (χ1v) is 7.47. The second-order valence-corrected chi connectivity index (χ2v) is 5.71. The molecule has 0 aromatic carbocycles. The van der Waals surface area contributed by atoms with E-state index in [2.05, 4.69) is 32.2 Å². The molecular weight excluding hydrogens is 262 g/mol. The Morgan fingerprint density at radius 1 is 1.19 bits per heavy atom. The summed E-state index contributed by atoms with van der Waals surface area (Å²) in [5, 5.41) is 3.15. The number of nitrogens with zero attached hydrogens (tertiary/aromatic N) is 4. The van der Waals surface area contributed by atoms with Gasteiger partial charge in [0.2, 0.25) is 0 Å². The zero-order valence-corrected chi connectivity index (χ0v) is 12.4. The predicted molar refractivity (Wildman–Crippen MR) is 83.5 cm³/mol. The summed E-state index contributed by atoms with van der Waals surface area (Å²) < 4.78 is 0. The van der Waals surface area contributed by atoms with Gasteiger partial charge in [0.25, 0.3) is 0 Å². The van der Waals surface area contributed by atoms with Crippen LogP contribution < -0.4 is 5.32 Å². The normalized spacial score (nSPS) is 19.4. The van der Waals surface area contributed by atoms with Crippen molar-refractivity contribution >= 4 is 11.6 Å². The molecule has 0 saturated carbocycles. The van der Waals surface area contributed by atoms with Crippen LogP contribution in [-0.2, 0) is 6.42 Å². The summed E-state index contributed by atoms with van der Waals surface area (Å²) in [7, 11) is 2.19. The third-order valence-electron chi connectivity index (χ3n) is 3.85. The van der Waals surface area contributed by atoms with Crippen LogP contribution in [-0.4, -0.2) is 40.0 Å². The average molecular weight is 283 g/mol. The number of rotatable bonds is 4. The summed E-state index contributed by atoms with van der Waals surface area (Å²) in [5.41, 5.74) is 1.07. The molecule has 2 aromatic heterocycles. The van der Waals surface area contributed by atoms with Crippen LogP contribution in [0.1, 0.15) is 18.5 Å². The van der Waals surface area contributed by atoms with Crippen molar-refractivity contribution < 1.29 is 0 Å². The average Bonchev–Trinajstić information content (AvgIpc) is 2.50. The van der Waals surface area contributed by atoms with Gasteiger partial charge < -0.3 is 10.2 Å². The fourth-order valence-electron chi connectivity index (χ4n) is 2.83. The zero-order valence-electron chi connectivity index (χ0n) is 12.4. The van der Waals surface area contributed by atoms with Gasteiger partial charge in [-0.1, -0.05) is 6.07 Å². The molecule has 1 atom stereocenters. The molecule has 1 saturated heterocycles. The van der Waals surface area contributed by atoms with Crippen LogP contribution in [0.5, 0.6) is 0 Å². The summed E-state index contributed by atoms with van der Waals surface area (Å²) in [5.74, 6) is 2.22. The molecule has 0 amide bonds. The number of piperidine rings is 1. The maximum absolute atomic E-state index is 4.52. The smallest absolute Gasteiger partial charge is 0.150 e. The molecule has 0 aliphatic carbocycles. The largest absolute Gasteiger partial charge is 0.324 e. The molecule has 5 nitrogen and oxygen atoms in total. The summed E-state index contributed by atoms with van der Waals surface area (Å²) in [6.07, 6.45) is 9.01. The topological polar surface area (TPSA) is 53.9 Å². The molecule has 1 unspecified atom stereocenters. The van der Waals surface area contributed by atoms with E-state index in [1.165, 1.54) is 19.4 Å². The van der Waals surface area contributed by atoms with E-state index in [1.807, 2.05) is 24.4 Å². The van der Waals surface area contributed by atoms with E-state index in [4.69, 9.17) is 0 Å². The molecular formula is C16H21N5. The monoisotopic (exact) mass is 283 g/mol. The molecule has 1 N–H and O–H groups in total. The first-order valence-electron chi connectivity index (χ1n) is 7.47. The lowest BCUT2D eigenvalue weighted by Gasteiger charge is -2.29. The lowest BCUT2D eigenvalue weighted by Crippen LogP contribution is -2.33. The van der Waals surface area contributed by atoms with Crippen LogP contribution in [0.3, 0.4) is 0 Å². The number of likely N-dealkylation sites (tertiary alicyclic amines) is 1. The van der Waals surface area contributed by atoms with Crippen molar-refractivity contribution in [1.29, 1.82) is 0 Å². The highest BCUT2D eigenvalue weighted by molar-refractivity contribution is 5.49. The van der Waals surface area contributed by atoms with Crippen molar-refractivity contribution in [3.05, 3.63) is 42.5 Å². The van der Waals surface area contributed by atoms with Crippen molar-refractivity contribution in [2.75, 3.05) is 25.5 Å². The summed E-state index contributed by atoms with van der Waals surface area (Å²) in [6, 6.07) is 5.74. The molecule has 1 aliphatic heterocycles. The van der Waals surface area contributed by atoms with Gasteiger partial charge in [0.05, 0.1) is 18.1 Å². The van der Waals surface area contributed by atoms with Crippen molar-refractivity contribution in [2.24, 2.45) is 5.92 Å². The second-order valence-electron chi connectivity index (χ2n) is 5.71. The Balaban J connectivity index is 1.59. The molecule has 21 heavy (non-hydrogen) atoms. The van der Waals surface area contributed by atoms with Gasteiger partial charge in [-0.3, -0.25) is 4.98 Å². The molecule has 3 rings (SSSR count). The van der Waals surface area contributed by atoms with Gasteiger partial charge in [0, 0.05) is 12.7 Å². The number of nitrogens with one attached hydrogen (secondary N) is 1. The Labute approximate surface area is 125 Å². The van der Waals surface area contributed by atoms with E-state index in [1.54, 1.807) is 12.4 Å². The number of pyridine rings is 1. The lowest BCUT2D eigenvalue weighted by atomic mass is 9.94. The Morgan fingerprint density at radius 3 is 2.86 bits per heavy atom. The molecule has 3 heterocycles. The van der Waals surface area contributed by atoms with E-state index in [-0.39, 0.29) is 0 Å². The molecule has 5 heteroatoms. The minimum absolute atomic E-state index is 0.702. The highest BCUT2D eigenvalue weighted by atomic mass is 15.1. The van der Waals surface area contributed by atoms with Gasteiger partial charge in [0.1, 0.15) is 11.6 Å². The van der Waals surface area contributed by atoms with Crippen LogP contribution in [0.4, 0.5) is 11.6 Å². The standard InChI is InChI=1S/C16H21N5/c1-21-8-4-5-13(12-21)9-14-10-19-16(11-18-14)20-15-6-2-3-7-17-15/h2-3,6-7,10-11,13H,4-5,8-9,12H2,1H3,(H,17,19,20). The van der Waals surface area contributed by atoms with Crippen molar-refractivity contribution in [3.8, 4) is 0 Å². The quantitative estimate of drug-likeness (QED) is 0.934. The molecule has 0 radical (unpaired) electrons. The van der Waals surface area contributed by atoms with Crippen LogP contribution in [0.25, 0.3) is 0 Å². The van der Waals surface area contributed by atoms with E-state index < -0.39 is 0 Å². The number of hydrogen-bond donors (Lipinski definition) is 1. The van der Waals surface area contributed by atoms with Crippen LogP contribution >= 0.6 is 0 Å². The Kier molecular flexibility index (Phi) is 4.40. The van der Waals surface area contributed by atoms with Crippen LogP contribution in [0, 0.1) is 5.92 Å². The molecule has 1 fully saturated rings. The second kappa shape index (κ2) is 6.63. The fourth-order valence-corrected chi connectivity index (χ4v) is 2.83. The molecule has 110 valence electrons. The summed E-state index contributed by atoms with van der Waals surface area (Å²) >= 11 is 0. The molecule has 0 bridgehead atoms. The Bertz CT molecular complexity index is 555. The Hall–Kier alpha value is -2.01. The third-order valence-corrected chi connectivity index (χ3v) is 3.85. The molecule has 0 spiro atoms. The first kappa shape index (κ1) is 13.9. The molecule has 1 aliphatic rings. The van der Waals surface area contributed by atoms with Gasteiger partial charge in [-0.2, -0.15) is 0 Å². The SMILES string of the molecule is CN1CCCC(Cc2cnc(Nc3ccccn3)cn2)C1. The third kappa shape index (κ3) is 3.98. The minimum atomic E-state index is 0.702. The Morgan fingerprint density at radius 2 is 2.14 bits per heavy atom. The highest BCUT2D eigenvalue weighted by Gasteiger charge is 2.18. The van der Waals surface area contributed by atoms with Gasteiger partial charge >= 0.3 is 0 Å². The maximum atomic E-state index is 4.52. The number of aromatic nitrogens is 3. The summed E-state index contributed by atoms with van der Waals surface area (Å²) in [6.45, 7) is 2.38. The maximum Gasteiger partial charge on any atom is 0.150 e. The van der Waals surface area contributed by atoms with Gasteiger partial charge in [-0.25, -0.2) is 9.97 Å². The van der Waals surface area contributed by atoms with E-state index >= 15 is 0 Å². The van der Waals surface area contributed by atoms with Gasteiger partial charge in [0.15, 0.2) is 0 Å². The first-order chi connectivity index (χ1) is 10.3. The predicted octanol–water partition coefficient (Wildman–Crippen LogP) is 2.50. The number of hydrogen-bond acceptors (Lipinski definition) is 5. The van der Waals surface area contributed by atoms with E-state index in [0.717, 1.165) is 30.3 Å². The zero-order chi connectivity index (χ0) is 14.5. The minimum Gasteiger partial charge on any atom is -0.324 e. The highest BCUT2D eigenvalue weighted by Crippen LogP contribution is 2.19. The number of anilines is 2. The lowest BCUT2D eigenvalue weighted by molar-refractivity contribution is 0.208. The van der Waals surface area contributed by atoms with Crippen molar-refractivity contribution in [3.63, 3.8) is 0 Å². The summed E-state index contributed by atoms with van der Waals surface area (Å²) in [4.78, 5) is 15.6. The van der Waals surface area contributed by atoms with E-state index in [0.29, 0.717) is 5.92 Å². The van der Waals surface area contributed by atoms with Gasteiger partial charge in [-0.15, -0.1) is 0 Å². The van der Waals surface area contributed by atoms with Crippen LogP contribution in [0.15, 0.2) is 36.8 Å². The fraction of sp³-hybridized carbons (Fsp3) is 0.438.